The lowest BCUT2D eigenvalue weighted by Crippen LogP contribution is -2.28. The van der Waals surface area contributed by atoms with Gasteiger partial charge in [0.2, 0.25) is 11.9 Å². The third kappa shape index (κ3) is 5.44. The quantitative estimate of drug-likeness (QED) is 0.273. The number of aliphatic imine (C=N–C) groups is 1. The van der Waals surface area contributed by atoms with Crippen molar-refractivity contribution >= 4 is 40.5 Å². The number of primary amides is 1. The van der Waals surface area contributed by atoms with Crippen molar-refractivity contribution in [2.75, 3.05) is 24.2 Å². The zero-order chi connectivity index (χ0) is 24.8. The Balaban J connectivity index is 1.76. The van der Waals surface area contributed by atoms with E-state index >= 15 is 0 Å². The summed E-state index contributed by atoms with van der Waals surface area (Å²) in [6.45, 7) is 0.922. The van der Waals surface area contributed by atoms with Gasteiger partial charge in [-0.3, -0.25) is 9.79 Å². The van der Waals surface area contributed by atoms with Gasteiger partial charge in [0.05, 0.1) is 5.69 Å². The average Bonchev–Trinajstić information content (AvgIpc) is 3.28. The third-order valence-corrected chi connectivity index (χ3v) is 5.49. The topological polar surface area (TPSA) is 165 Å². The number of fused-ring (bicyclic) bond motifs is 1. The van der Waals surface area contributed by atoms with Crippen LogP contribution in [0.25, 0.3) is 27.9 Å². The number of aromatic amines is 1. The van der Waals surface area contributed by atoms with Crippen LogP contribution in [0.2, 0.25) is 0 Å². The summed E-state index contributed by atoms with van der Waals surface area (Å²) in [6, 6.07) is 13.7. The van der Waals surface area contributed by atoms with Gasteiger partial charge in [0.25, 0.3) is 0 Å². The van der Waals surface area contributed by atoms with E-state index in [0.717, 1.165) is 27.6 Å². The van der Waals surface area contributed by atoms with Gasteiger partial charge in [-0.15, -0.1) is 0 Å². The number of nitrogens with two attached hydrogens (primary N) is 3. The number of H-pyrrole nitrogens is 1. The summed E-state index contributed by atoms with van der Waals surface area (Å²) < 4.78 is 0. The molecule has 0 aliphatic carbocycles. The lowest BCUT2D eigenvalue weighted by atomic mass is 10.1. The van der Waals surface area contributed by atoms with Gasteiger partial charge < -0.3 is 27.1 Å². The minimum Gasteiger partial charge on any atom is -0.404 e. The summed E-state index contributed by atoms with van der Waals surface area (Å²) in [4.78, 5) is 34.2. The van der Waals surface area contributed by atoms with Crippen LogP contribution in [-0.2, 0) is 11.3 Å². The second kappa shape index (κ2) is 10.5. The van der Waals surface area contributed by atoms with Crippen LogP contribution in [0, 0.1) is 0 Å². The van der Waals surface area contributed by atoms with Crippen LogP contribution in [0.15, 0.2) is 66.1 Å². The van der Waals surface area contributed by atoms with Crippen LogP contribution in [-0.4, -0.2) is 45.7 Å². The van der Waals surface area contributed by atoms with E-state index in [2.05, 4.69) is 24.9 Å². The maximum atomic E-state index is 11.5. The smallest absolute Gasteiger partial charge is 0.222 e. The van der Waals surface area contributed by atoms with Crippen LogP contribution < -0.4 is 22.1 Å². The molecule has 0 aliphatic rings. The molecule has 7 N–H and O–H groups in total. The minimum atomic E-state index is -0.389. The molecule has 3 aromatic heterocycles. The highest BCUT2D eigenvalue weighted by molar-refractivity contribution is 6.10. The molecule has 0 atom stereocenters. The fourth-order valence-corrected chi connectivity index (χ4v) is 3.80. The van der Waals surface area contributed by atoms with Gasteiger partial charge in [-0.25, -0.2) is 9.97 Å². The van der Waals surface area contributed by atoms with Gasteiger partial charge >= 0.3 is 0 Å². The van der Waals surface area contributed by atoms with Crippen molar-refractivity contribution in [1.29, 1.82) is 0 Å². The van der Waals surface area contributed by atoms with Crippen LogP contribution in [0.3, 0.4) is 0 Å². The molecule has 1 amide bonds. The summed E-state index contributed by atoms with van der Waals surface area (Å²) in [5.74, 6) is 0.324. The molecule has 0 bridgehead atoms. The van der Waals surface area contributed by atoms with Gasteiger partial charge in [-0.2, -0.15) is 4.98 Å². The number of carbonyl (C=O) groups is 1. The molecule has 0 fully saturated rings. The molecular weight excluding hydrogens is 442 g/mol. The highest BCUT2D eigenvalue weighted by atomic mass is 16.1. The van der Waals surface area contributed by atoms with Gasteiger partial charge in [0, 0.05) is 79.5 Å². The molecule has 0 spiro atoms. The fraction of sp³-hybridized carbons (Fsp3) is 0.160. The molecule has 0 saturated carbocycles. The second-order valence-electron chi connectivity index (χ2n) is 7.92. The third-order valence-electron chi connectivity index (χ3n) is 5.49. The number of rotatable bonds is 9. The predicted octanol–water partition coefficient (Wildman–Crippen LogP) is 2.48. The van der Waals surface area contributed by atoms with E-state index < -0.39 is 0 Å². The number of carbonyl (C=O) groups excluding carboxylic acids is 1. The van der Waals surface area contributed by atoms with E-state index in [0.29, 0.717) is 30.2 Å². The van der Waals surface area contributed by atoms with Crippen molar-refractivity contribution in [2.24, 2.45) is 16.5 Å². The van der Waals surface area contributed by atoms with Crippen molar-refractivity contribution < 1.29 is 4.79 Å². The molecule has 4 rings (SSSR count). The molecule has 1 aromatic carbocycles. The fourth-order valence-electron chi connectivity index (χ4n) is 3.80. The Morgan fingerprint density at radius 1 is 1.20 bits per heavy atom. The van der Waals surface area contributed by atoms with Gasteiger partial charge in [-0.1, -0.05) is 30.3 Å². The first-order valence-corrected chi connectivity index (χ1v) is 11.0. The van der Waals surface area contributed by atoms with Gasteiger partial charge in [0.1, 0.15) is 11.5 Å². The monoisotopic (exact) mass is 469 g/mol. The molecule has 3 heterocycles. The van der Waals surface area contributed by atoms with Crippen molar-refractivity contribution in [1.82, 2.24) is 19.9 Å². The van der Waals surface area contributed by atoms with Crippen LogP contribution >= 0.6 is 0 Å². The van der Waals surface area contributed by atoms with Crippen LogP contribution in [0.1, 0.15) is 17.5 Å². The Morgan fingerprint density at radius 3 is 2.71 bits per heavy atom. The van der Waals surface area contributed by atoms with Crippen molar-refractivity contribution in [3.63, 3.8) is 0 Å². The Bertz CT molecular complexity index is 1390. The number of nitrogen functional groups attached to an aromatic ring is 1. The number of benzene rings is 1. The Hall–Kier alpha value is -4.73. The first kappa shape index (κ1) is 23.4. The highest BCUT2D eigenvalue weighted by Gasteiger charge is 2.16. The number of pyridine rings is 1. The molecule has 10 heteroatoms. The summed E-state index contributed by atoms with van der Waals surface area (Å²) in [5.41, 5.74) is 22.1. The summed E-state index contributed by atoms with van der Waals surface area (Å²) in [7, 11) is 1.68. The van der Waals surface area contributed by atoms with E-state index in [1.54, 1.807) is 19.5 Å². The number of nitrogens with zero attached hydrogens (tertiary/aromatic N) is 5. The molecule has 0 aliphatic heterocycles. The Labute approximate surface area is 202 Å². The molecule has 35 heavy (non-hydrogen) atoms. The molecular formula is C25H27N9O. The van der Waals surface area contributed by atoms with E-state index in [1.807, 2.05) is 53.6 Å². The molecule has 0 radical (unpaired) electrons. The maximum Gasteiger partial charge on any atom is 0.222 e. The summed E-state index contributed by atoms with van der Waals surface area (Å²) in [5, 5.41) is 0.849. The number of nitrogens with one attached hydrogen (secondary N) is 1. The number of aromatic nitrogens is 4. The number of anilines is 2. The lowest BCUT2D eigenvalue weighted by Gasteiger charge is -2.24. The van der Waals surface area contributed by atoms with Crippen molar-refractivity contribution in [2.45, 2.75) is 13.0 Å². The second-order valence-corrected chi connectivity index (χ2v) is 7.92. The summed E-state index contributed by atoms with van der Waals surface area (Å²) >= 11 is 0. The average molecular weight is 470 g/mol. The maximum absolute atomic E-state index is 11.5. The first-order valence-electron chi connectivity index (χ1n) is 11.0. The Morgan fingerprint density at radius 2 is 2.00 bits per heavy atom. The van der Waals surface area contributed by atoms with E-state index in [9.17, 15) is 4.79 Å². The molecule has 0 unspecified atom stereocenters. The van der Waals surface area contributed by atoms with Crippen molar-refractivity contribution in [3.8, 4) is 11.3 Å². The normalized spacial score (nSPS) is 11.9. The molecule has 178 valence electrons. The standard InChI is InChI=1S/C25H27N9O/c1-29-12-18(11-26)17-9-19-20(14-31-24(19)30-13-17)21-10-23(33-25(28)32-21)34(8-7-22(27)35)15-16-5-3-2-4-6-16/h2-6,9-14H,7-8,15,26H2,1H3,(H2,27,35)(H,30,31)(H2,28,32,33). The Kier molecular flexibility index (Phi) is 7.01. The van der Waals surface area contributed by atoms with E-state index in [-0.39, 0.29) is 18.3 Å². The minimum absolute atomic E-state index is 0.119. The van der Waals surface area contributed by atoms with Crippen LogP contribution in [0.5, 0.6) is 0 Å². The molecule has 10 nitrogen and oxygen atoms in total. The lowest BCUT2D eigenvalue weighted by molar-refractivity contribution is -0.117. The zero-order valence-electron chi connectivity index (χ0n) is 19.3. The number of hydrogen-bond donors (Lipinski definition) is 4. The van der Waals surface area contributed by atoms with E-state index in [4.69, 9.17) is 17.2 Å². The predicted molar refractivity (Wildman–Crippen MR) is 139 cm³/mol. The van der Waals surface area contributed by atoms with Gasteiger partial charge in [0.15, 0.2) is 0 Å². The van der Waals surface area contributed by atoms with E-state index in [1.165, 1.54) is 6.20 Å². The molecule has 4 aromatic rings. The largest absolute Gasteiger partial charge is 0.404 e. The summed E-state index contributed by atoms with van der Waals surface area (Å²) in [6.07, 6.45) is 6.91. The van der Waals surface area contributed by atoms with Gasteiger partial charge in [-0.05, 0) is 11.6 Å². The number of amides is 1. The SMILES string of the molecule is CN=CC(=CN)c1cnc2[nH]cc(-c3cc(N(CCC(N)=O)Cc4ccccc4)nc(N)n3)c2c1. The number of allylic oxidation sites excluding steroid dienone is 1. The van der Waals surface area contributed by atoms with Crippen LogP contribution in [0.4, 0.5) is 11.8 Å². The number of hydrogen-bond acceptors (Lipinski definition) is 8. The highest BCUT2D eigenvalue weighted by Crippen LogP contribution is 2.31. The van der Waals surface area contributed by atoms with Crippen molar-refractivity contribution in [3.05, 3.63) is 72.2 Å². The molecule has 0 saturated heterocycles. The zero-order valence-corrected chi connectivity index (χ0v) is 19.3. The first-order chi connectivity index (χ1) is 17.0.